The molecule has 1 amide bonds. The average molecular weight is 230 g/mol. The normalized spacial score (nSPS) is 10.7. The van der Waals surface area contributed by atoms with Gasteiger partial charge in [-0.2, -0.15) is 5.26 Å². The van der Waals surface area contributed by atoms with Crippen LogP contribution in [0.2, 0.25) is 0 Å². The van der Waals surface area contributed by atoms with E-state index in [4.69, 9.17) is 5.26 Å². The third-order valence-electron chi connectivity index (χ3n) is 2.62. The van der Waals surface area contributed by atoms with E-state index in [1.807, 2.05) is 0 Å². The molecule has 0 aromatic heterocycles. The molecule has 0 atom stereocenters. The number of carbonyl (C=O) groups is 1. The van der Waals surface area contributed by atoms with Gasteiger partial charge in [-0.1, -0.05) is 45.0 Å². The van der Waals surface area contributed by atoms with E-state index in [-0.39, 0.29) is 5.41 Å². The highest BCUT2D eigenvalue weighted by atomic mass is 16.1. The number of amides is 1. The van der Waals surface area contributed by atoms with Gasteiger partial charge >= 0.3 is 5.91 Å². The van der Waals surface area contributed by atoms with E-state index in [1.54, 1.807) is 0 Å². The predicted molar refractivity (Wildman–Crippen MR) is 67.5 cm³/mol. The van der Waals surface area contributed by atoms with Crippen LogP contribution in [0.15, 0.2) is 24.3 Å². The number of benzene rings is 1. The van der Waals surface area contributed by atoms with Crippen molar-refractivity contribution in [3.05, 3.63) is 35.4 Å². The summed E-state index contributed by atoms with van der Waals surface area (Å²) in [7, 11) is 0. The molecule has 3 nitrogen and oxygen atoms in total. The van der Waals surface area contributed by atoms with Crippen LogP contribution < -0.4 is 5.32 Å². The highest BCUT2D eigenvalue weighted by molar-refractivity contribution is 5.91. The monoisotopic (exact) mass is 230 g/mol. The third kappa shape index (κ3) is 4.28. The lowest BCUT2D eigenvalue weighted by molar-refractivity contribution is -0.115. The lowest BCUT2D eigenvalue weighted by Gasteiger charge is -2.19. The predicted octanol–water partition coefficient (Wildman–Crippen LogP) is 2.17. The SMILES string of the molecule is CC(C)(C)c1ccc(CCNC(=O)C#N)cc1. The summed E-state index contributed by atoms with van der Waals surface area (Å²) in [6.45, 7) is 7.03. The van der Waals surface area contributed by atoms with Crippen molar-refractivity contribution in [1.29, 1.82) is 5.26 Å². The summed E-state index contributed by atoms with van der Waals surface area (Å²) in [4.78, 5) is 10.7. The Balaban J connectivity index is 2.52. The highest BCUT2D eigenvalue weighted by Gasteiger charge is 2.12. The van der Waals surface area contributed by atoms with E-state index in [9.17, 15) is 4.79 Å². The maximum atomic E-state index is 10.7. The standard InChI is InChI=1S/C14H18N2O/c1-14(2,3)12-6-4-11(5-7-12)8-9-16-13(17)10-15/h4-7H,8-9H2,1-3H3,(H,16,17). The summed E-state index contributed by atoms with van der Waals surface area (Å²) < 4.78 is 0. The van der Waals surface area contributed by atoms with E-state index in [1.165, 1.54) is 11.6 Å². The Labute approximate surface area is 102 Å². The van der Waals surface area contributed by atoms with E-state index >= 15 is 0 Å². The Morgan fingerprint density at radius 1 is 1.29 bits per heavy atom. The number of rotatable bonds is 3. The largest absolute Gasteiger partial charge is 0.343 e. The Morgan fingerprint density at radius 2 is 1.88 bits per heavy atom. The fourth-order valence-electron chi connectivity index (χ4n) is 1.53. The minimum Gasteiger partial charge on any atom is -0.343 e. The summed E-state index contributed by atoms with van der Waals surface area (Å²) in [5, 5.41) is 10.8. The molecule has 90 valence electrons. The van der Waals surface area contributed by atoms with Crippen LogP contribution in [-0.2, 0) is 16.6 Å². The van der Waals surface area contributed by atoms with Gasteiger partial charge in [-0.25, -0.2) is 0 Å². The van der Waals surface area contributed by atoms with Crippen molar-refractivity contribution in [2.45, 2.75) is 32.6 Å². The molecule has 1 aromatic rings. The van der Waals surface area contributed by atoms with Crippen molar-refractivity contribution in [2.24, 2.45) is 0 Å². The molecule has 0 radical (unpaired) electrons. The molecule has 17 heavy (non-hydrogen) atoms. The van der Waals surface area contributed by atoms with Crippen molar-refractivity contribution < 1.29 is 4.79 Å². The van der Waals surface area contributed by atoms with Crippen LogP contribution in [0.1, 0.15) is 31.9 Å². The van der Waals surface area contributed by atoms with Gasteiger partial charge in [0.05, 0.1) is 0 Å². The lowest BCUT2D eigenvalue weighted by Crippen LogP contribution is -2.23. The van der Waals surface area contributed by atoms with Gasteiger partial charge in [0.1, 0.15) is 0 Å². The quantitative estimate of drug-likeness (QED) is 0.809. The first-order chi connectivity index (χ1) is 7.93. The Bertz CT molecular complexity index is 421. The number of nitrogens with zero attached hydrogens (tertiary/aromatic N) is 1. The van der Waals surface area contributed by atoms with Gasteiger partial charge in [0.15, 0.2) is 6.07 Å². The van der Waals surface area contributed by atoms with Gasteiger partial charge in [0, 0.05) is 6.54 Å². The van der Waals surface area contributed by atoms with Crippen LogP contribution >= 0.6 is 0 Å². The molecule has 0 bridgehead atoms. The summed E-state index contributed by atoms with van der Waals surface area (Å²) >= 11 is 0. The van der Waals surface area contributed by atoms with Crippen LogP contribution in [0.25, 0.3) is 0 Å². The van der Waals surface area contributed by atoms with Gasteiger partial charge in [-0.05, 0) is 23.0 Å². The molecular formula is C14H18N2O. The highest BCUT2D eigenvalue weighted by Crippen LogP contribution is 2.22. The molecule has 0 aliphatic heterocycles. The first kappa shape index (κ1) is 13.2. The van der Waals surface area contributed by atoms with Crippen molar-refractivity contribution in [1.82, 2.24) is 5.32 Å². The van der Waals surface area contributed by atoms with E-state index in [0.29, 0.717) is 6.54 Å². The molecule has 0 aliphatic carbocycles. The maximum Gasteiger partial charge on any atom is 0.322 e. The van der Waals surface area contributed by atoms with Crippen LogP contribution in [-0.4, -0.2) is 12.5 Å². The average Bonchev–Trinajstić information content (AvgIpc) is 2.28. The fraction of sp³-hybridized carbons (Fsp3) is 0.429. The smallest absolute Gasteiger partial charge is 0.322 e. The molecular weight excluding hydrogens is 212 g/mol. The topological polar surface area (TPSA) is 52.9 Å². The molecule has 1 N–H and O–H groups in total. The first-order valence-corrected chi connectivity index (χ1v) is 5.71. The summed E-state index contributed by atoms with van der Waals surface area (Å²) in [6, 6.07) is 9.89. The van der Waals surface area contributed by atoms with Gasteiger partial charge in [0.25, 0.3) is 0 Å². The molecule has 0 fully saturated rings. The maximum absolute atomic E-state index is 10.7. The van der Waals surface area contributed by atoms with Crippen molar-refractivity contribution in [3.8, 4) is 6.07 Å². The van der Waals surface area contributed by atoms with Gasteiger partial charge in [-0.15, -0.1) is 0 Å². The summed E-state index contributed by atoms with van der Waals surface area (Å²) in [6.07, 6.45) is 0.748. The molecule has 3 heteroatoms. The second kappa shape index (κ2) is 5.49. The zero-order chi connectivity index (χ0) is 12.9. The van der Waals surface area contributed by atoms with Gasteiger partial charge in [-0.3, -0.25) is 4.79 Å². The Morgan fingerprint density at radius 3 is 2.35 bits per heavy atom. The Kier molecular flexibility index (Phi) is 4.28. The van der Waals surface area contributed by atoms with Crippen molar-refractivity contribution >= 4 is 5.91 Å². The molecule has 1 rings (SSSR count). The van der Waals surface area contributed by atoms with Gasteiger partial charge < -0.3 is 5.32 Å². The molecule has 0 spiro atoms. The van der Waals surface area contributed by atoms with Crippen molar-refractivity contribution in [2.75, 3.05) is 6.54 Å². The second-order valence-electron chi connectivity index (χ2n) is 5.06. The van der Waals surface area contributed by atoms with Crippen LogP contribution in [0.3, 0.4) is 0 Å². The number of hydrogen-bond donors (Lipinski definition) is 1. The molecule has 0 saturated carbocycles. The molecule has 1 aromatic carbocycles. The van der Waals surface area contributed by atoms with E-state index in [2.05, 4.69) is 50.4 Å². The molecule has 0 saturated heterocycles. The minimum atomic E-state index is -0.573. The number of nitriles is 1. The van der Waals surface area contributed by atoms with Crippen LogP contribution in [0.4, 0.5) is 0 Å². The van der Waals surface area contributed by atoms with E-state index < -0.39 is 5.91 Å². The number of hydrogen-bond acceptors (Lipinski definition) is 2. The number of nitrogens with one attached hydrogen (secondary N) is 1. The first-order valence-electron chi connectivity index (χ1n) is 5.71. The van der Waals surface area contributed by atoms with Crippen LogP contribution in [0.5, 0.6) is 0 Å². The third-order valence-corrected chi connectivity index (χ3v) is 2.62. The Hall–Kier alpha value is -1.82. The summed E-state index contributed by atoms with van der Waals surface area (Å²) in [5.41, 5.74) is 2.62. The lowest BCUT2D eigenvalue weighted by atomic mass is 9.86. The van der Waals surface area contributed by atoms with Crippen molar-refractivity contribution in [3.63, 3.8) is 0 Å². The fourth-order valence-corrected chi connectivity index (χ4v) is 1.53. The molecule has 0 unspecified atom stereocenters. The van der Waals surface area contributed by atoms with Gasteiger partial charge in [0.2, 0.25) is 0 Å². The molecule has 0 heterocycles. The zero-order valence-electron chi connectivity index (χ0n) is 10.6. The zero-order valence-corrected chi connectivity index (χ0v) is 10.6. The number of carbonyl (C=O) groups excluding carboxylic acids is 1. The second-order valence-corrected chi connectivity index (χ2v) is 5.06. The molecule has 0 aliphatic rings. The minimum absolute atomic E-state index is 0.160. The summed E-state index contributed by atoms with van der Waals surface area (Å²) in [5.74, 6) is -0.573. The van der Waals surface area contributed by atoms with Crippen LogP contribution in [0, 0.1) is 11.3 Å². The van der Waals surface area contributed by atoms with E-state index in [0.717, 1.165) is 12.0 Å².